The first kappa shape index (κ1) is 19.8. The largest absolute Gasteiger partial charge is 0.488 e. The Morgan fingerprint density at radius 2 is 1.55 bits per heavy atom. The van der Waals surface area contributed by atoms with Crippen LogP contribution in [0.4, 0.5) is 4.39 Å². The van der Waals surface area contributed by atoms with Crippen molar-refractivity contribution in [1.29, 1.82) is 0 Å². The third kappa shape index (κ3) is 6.04. The van der Waals surface area contributed by atoms with Gasteiger partial charge in [0.1, 0.15) is 18.2 Å². The Balaban J connectivity index is 1.56. The molecule has 0 saturated carbocycles. The molecule has 5 nitrogen and oxygen atoms in total. The van der Waals surface area contributed by atoms with E-state index in [1.54, 1.807) is 24.3 Å². The van der Waals surface area contributed by atoms with Crippen molar-refractivity contribution in [3.8, 4) is 5.75 Å². The standard InChI is InChI=1S/C23H19FN2O3/c24-19-13-10-17(11-14-19)12-15-22(27)25-26-23(28)20-8-4-5-9-21(20)29-16-18-6-2-1-3-7-18/h1-15H,16H2,(H,25,27)(H,26,28). The molecule has 0 bridgehead atoms. The first-order valence-corrected chi connectivity index (χ1v) is 8.91. The maximum atomic E-state index is 12.9. The Morgan fingerprint density at radius 1 is 0.862 bits per heavy atom. The maximum absolute atomic E-state index is 12.9. The minimum atomic E-state index is -0.523. The Hall–Kier alpha value is -3.93. The number of hydrogen-bond donors (Lipinski definition) is 2. The molecule has 0 heterocycles. The van der Waals surface area contributed by atoms with Crippen LogP contribution >= 0.6 is 0 Å². The highest BCUT2D eigenvalue weighted by Crippen LogP contribution is 2.19. The highest BCUT2D eigenvalue weighted by Gasteiger charge is 2.12. The Labute approximate surface area is 167 Å². The van der Waals surface area contributed by atoms with Gasteiger partial charge in [0.2, 0.25) is 0 Å². The van der Waals surface area contributed by atoms with Crippen molar-refractivity contribution in [3.63, 3.8) is 0 Å². The normalized spacial score (nSPS) is 10.5. The molecule has 146 valence electrons. The fourth-order valence-electron chi connectivity index (χ4n) is 2.49. The monoisotopic (exact) mass is 390 g/mol. The van der Waals surface area contributed by atoms with Gasteiger partial charge in [-0.25, -0.2) is 4.39 Å². The molecule has 29 heavy (non-hydrogen) atoms. The third-order valence-electron chi connectivity index (χ3n) is 3.97. The van der Waals surface area contributed by atoms with E-state index in [1.807, 2.05) is 30.3 Å². The summed E-state index contributed by atoms with van der Waals surface area (Å²) in [6, 6.07) is 22.0. The van der Waals surface area contributed by atoms with Crippen molar-refractivity contribution in [2.75, 3.05) is 0 Å². The number of ether oxygens (including phenoxy) is 1. The van der Waals surface area contributed by atoms with Crippen LogP contribution in [0.1, 0.15) is 21.5 Å². The zero-order valence-electron chi connectivity index (χ0n) is 15.5. The number of halogens is 1. The summed E-state index contributed by atoms with van der Waals surface area (Å²) >= 11 is 0. The first-order chi connectivity index (χ1) is 14.1. The van der Waals surface area contributed by atoms with E-state index in [-0.39, 0.29) is 5.82 Å². The van der Waals surface area contributed by atoms with E-state index in [9.17, 15) is 14.0 Å². The van der Waals surface area contributed by atoms with Gasteiger partial charge in [0.05, 0.1) is 5.56 Å². The van der Waals surface area contributed by atoms with Crippen molar-refractivity contribution in [2.24, 2.45) is 0 Å². The van der Waals surface area contributed by atoms with Crippen LogP contribution in [-0.4, -0.2) is 11.8 Å². The number of carbonyl (C=O) groups excluding carboxylic acids is 2. The average Bonchev–Trinajstić information content (AvgIpc) is 2.76. The van der Waals surface area contributed by atoms with Gasteiger partial charge >= 0.3 is 0 Å². The van der Waals surface area contributed by atoms with E-state index in [0.717, 1.165) is 5.56 Å². The number of hydrogen-bond acceptors (Lipinski definition) is 3. The second-order valence-corrected chi connectivity index (χ2v) is 6.10. The van der Waals surface area contributed by atoms with Crippen LogP contribution in [0.15, 0.2) is 84.9 Å². The summed E-state index contributed by atoms with van der Waals surface area (Å²) in [5.41, 5.74) is 6.59. The average molecular weight is 390 g/mol. The predicted molar refractivity (Wildman–Crippen MR) is 108 cm³/mol. The van der Waals surface area contributed by atoms with E-state index in [1.165, 1.54) is 36.4 Å². The topological polar surface area (TPSA) is 67.4 Å². The number of benzene rings is 3. The molecule has 2 N–H and O–H groups in total. The Bertz CT molecular complexity index is 1000. The number of carbonyl (C=O) groups is 2. The lowest BCUT2D eigenvalue weighted by molar-refractivity contribution is -0.117. The van der Waals surface area contributed by atoms with Gasteiger partial charge in [0.15, 0.2) is 0 Å². The van der Waals surface area contributed by atoms with Crippen LogP contribution in [0.2, 0.25) is 0 Å². The highest BCUT2D eigenvalue weighted by molar-refractivity contribution is 5.99. The quantitative estimate of drug-likeness (QED) is 0.496. The molecule has 0 atom stereocenters. The van der Waals surface area contributed by atoms with Crippen LogP contribution in [0.3, 0.4) is 0 Å². The van der Waals surface area contributed by atoms with Gasteiger partial charge in [-0.1, -0.05) is 54.6 Å². The molecule has 0 aliphatic carbocycles. The molecule has 2 amide bonds. The third-order valence-corrected chi connectivity index (χ3v) is 3.97. The van der Waals surface area contributed by atoms with Crippen LogP contribution in [-0.2, 0) is 11.4 Å². The molecule has 0 fully saturated rings. The van der Waals surface area contributed by atoms with Crippen LogP contribution in [0.25, 0.3) is 6.08 Å². The first-order valence-electron chi connectivity index (χ1n) is 8.91. The van der Waals surface area contributed by atoms with Crippen molar-refractivity contribution < 1.29 is 18.7 Å². The van der Waals surface area contributed by atoms with Gasteiger partial charge in [0.25, 0.3) is 11.8 Å². The number of hydrazine groups is 1. The van der Waals surface area contributed by atoms with Gasteiger partial charge < -0.3 is 4.74 Å². The summed E-state index contributed by atoms with van der Waals surface area (Å²) in [5.74, 6) is -0.973. The molecule has 0 spiro atoms. The van der Waals surface area contributed by atoms with E-state index < -0.39 is 11.8 Å². The van der Waals surface area contributed by atoms with Gasteiger partial charge in [-0.15, -0.1) is 0 Å². The van der Waals surface area contributed by atoms with Crippen LogP contribution in [0.5, 0.6) is 5.75 Å². The summed E-state index contributed by atoms with van der Waals surface area (Å²) in [4.78, 5) is 24.3. The summed E-state index contributed by atoms with van der Waals surface area (Å²) in [6.07, 6.45) is 2.75. The summed E-state index contributed by atoms with van der Waals surface area (Å²) < 4.78 is 18.6. The van der Waals surface area contributed by atoms with Crippen LogP contribution in [0, 0.1) is 5.82 Å². The molecule has 0 aliphatic heterocycles. The van der Waals surface area contributed by atoms with Crippen molar-refractivity contribution in [3.05, 3.63) is 107 Å². The number of para-hydroxylation sites is 1. The molecular formula is C23H19FN2O3. The van der Waals surface area contributed by atoms with Crippen LogP contribution < -0.4 is 15.6 Å². The predicted octanol–water partition coefficient (Wildman–Crippen LogP) is 3.88. The number of amides is 2. The molecule has 0 radical (unpaired) electrons. The zero-order valence-corrected chi connectivity index (χ0v) is 15.5. The molecule has 3 aromatic rings. The minimum Gasteiger partial charge on any atom is -0.488 e. The van der Waals surface area contributed by atoms with Gasteiger partial charge in [-0.3, -0.25) is 20.4 Å². The van der Waals surface area contributed by atoms with E-state index in [2.05, 4.69) is 10.9 Å². The Kier molecular flexibility index (Phi) is 6.73. The van der Waals surface area contributed by atoms with E-state index in [4.69, 9.17) is 4.74 Å². The molecule has 3 rings (SSSR count). The zero-order chi connectivity index (χ0) is 20.5. The molecular weight excluding hydrogens is 371 g/mol. The number of nitrogens with one attached hydrogen (secondary N) is 2. The number of rotatable bonds is 6. The smallest absolute Gasteiger partial charge is 0.273 e. The Morgan fingerprint density at radius 3 is 2.31 bits per heavy atom. The molecule has 0 unspecified atom stereocenters. The lowest BCUT2D eigenvalue weighted by atomic mass is 10.2. The summed E-state index contributed by atoms with van der Waals surface area (Å²) in [6.45, 7) is 0.317. The fraction of sp³-hybridized carbons (Fsp3) is 0.0435. The lowest BCUT2D eigenvalue weighted by Crippen LogP contribution is -2.40. The fourth-order valence-corrected chi connectivity index (χ4v) is 2.49. The summed E-state index contributed by atoms with van der Waals surface area (Å²) in [7, 11) is 0. The van der Waals surface area contributed by atoms with Gasteiger partial charge in [0, 0.05) is 6.08 Å². The van der Waals surface area contributed by atoms with Crippen molar-refractivity contribution in [1.82, 2.24) is 10.9 Å². The molecule has 6 heteroatoms. The second-order valence-electron chi connectivity index (χ2n) is 6.10. The highest BCUT2D eigenvalue weighted by atomic mass is 19.1. The maximum Gasteiger partial charge on any atom is 0.273 e. The molecule has 0 aliphatic rings. The minimum absolute atomic E-state index is 0.297. The van der Waals surface area contributed by atoms with Crippen molar-refractivity contribution >= 4 is 17.9 Å². The summed E-state index contributed by atoms with van der Waals surface area (Å²) in [5, 5.41) is 0. The lowest BCUT2D eigenvalue weighted by Gasteiger charge is -2.12. The molecule has 0 saturated heterocycles. The van der Waals surface area contributed by atoms with Crippen molar-refractivity contribution in [2.45, 2.75) is 6.61 Å². The van der Waals surface area contributed by atoms with Gasteiger partial charge in [-0.2, -0.15) is 0 Å². The van der Waals surface area contributed by atoms with E-state index in [0.29, 0.717) is 23.5 Å². The SMILES string of the molecule is O=C(C=Cc1ccc(F)cc1)NNC(=O)c1ccccc1OCc1ccccc1. The molecule has 3 aromatic carbocycles. The van der Waals surface area contributed by atoms with E-state index >= 15 is 0 Å². The molecule has 0 aromatic heterocycles. The second kappa shape index (κ2) is 9.85. The van der Waals surface area contributed by atoms with Gasteiger partial charge in [-0.05, 0) is 41.5 Å².